The van der Waals surface area contributed by atoms with Crippen LogP contribution in [0.5, 0.6) is 0 Å². The first kappa shape index (κ1) is 13.0. The summed E-state index contributed by atoms with van der Waals surface area (Å²) in [5, 5.41) is 0. The fourth-order valence-electron chi connectivity index (χ4n) is 1.99. The standard InChI is InChI=1S/C12H21NO3/c1-9-6-5-7-10(8-14)13(9)11(15)16-12(2,3)4/h8-10H,5-7H2,1-4H3/t9-,10?/m1/s1. The van der Waals surface area contributed by atoms with Gasteiger partial charge in [0.15, 0.2) is 0 Å². The van der Waals surface area contributed by atoms with E-state index < -0.39 is 5.60 Å². The molecule has 1 fully saturated rings. The van der Waals surface area contributed by atoms with Gasteiger partial charge in [-0.1, -0.05) is 0 Å². The van der Waals surface area contributed by atoms with E-state index in [1.807, 2.05) is 27.7 Å². The maximum absolute atomic E-state index is 11.9. The van der Waals surface area contributed by atoms with E-state index in [2.05, 4.69) is 0 Å². The molecule has 1 aliphatic rings. The highest BCUT2D eigenvalue weighted by Gasteiger charge is 2.34. The Kier molecular flexibility index (Phi) is 3.94. The number of carbonyl (C=O) groups excluding carboxylic acids is 2. The average Bonchev–Trinajstić information content (AvgIpc) is 2.14. The monoisotopic (exact) mass is 227 g/mol. The minimum Gasteiger partial charge on any atom is -0.444 e. The van der Waals surface area contributed by atoms with Crippen molar-refractivity contribution in [2.75, 3.05) is 0 Å². The Bertz CT molecular complexity index is 270. The maximum Gasteiger partial charge on any atom is 0.411 e. The third-order valence-corrected chi connectivity index (χ3v) is 2.72. The van der Waals surface area contributed by atoms with Crippen LogP contribution in [0.25, 0.3) is 0 Å². The van der Waals surface area contributed by atoms with Gasteiger partial charge in [-0.3, -0.25) is 4.90 Å². The number of aldehydes is 1. The molecule has 0 saturated carbocycles. The highest BCUT2D eigenvalue weighted by Crippen LogP contribution is 2.24. The van der Waals surface area contributed by atoms with Crippen molar-refractivity contribution in [3.63, 3.8) is 0 Å². The van der Waals surface area contributed by atoms with Gasteiger partial charge in [-0.2, -0.15) is 0 Å². The van der Waals surface area contributed by atoms with Crippen LogP contribution in [-0.2, 0) is 9.53 Å². The summed E-state index contributed by atoms with van der Waals surface area (Å²) in [6.45, 7) is 7.44. The van der Waals surface area contributed by atoms with Gasteiger partial charge in [0.2, 0.25) is 0 Å². The van der Waals surface area contributed by atoms with E-state index in [1.165, 1.54) is 0 Å². The summed E-state index contributed by atoms with van der Waals surface area (Å²) < 4.78 is 5.31. The molecule has 0 bridgehead atoms. The summed E-state index contributed by atoms with van der Waals surface area (Å²) in [6, 6.07) is -0.239. The van der Waals surface area contributed by atoms with Gasteiger partial charge in [-0.05, 0) is 47.0 Å². The number of hydrogen-bond donors (Lipinski definition) is 0. The number of carbonyl (C=O) groups is 2. The van der Waals surface area contributed by atoms with Gasteiger partial charge in [0.05, 0.1) is 6.04 Å². The number of likely N-dealkylation sites (tertiary alicyclic amines) is 1. The van der Waals surface area contributed by atoms with Crippen molar-refractivity contribution in [1.29, 1.82) is 0 Å². The predicted octanol–water partition coefficient (Wildman–Crippen LogP) is 2.36. The van der Waals surface area contributed by atoms with E-state index in [0.717, 1.165) is 25.5 Å². The summed E-state index contributed by atoms with van der Waals surface area (Å²) in [4.78, 5) is 24.4. The third kappa shape index (κ3) is 3.22. The zero-order chi connectivity index (χ0) is 12.3. The summed E-state index contributed by atoms with van der Waals surface area (Å²) in [5.74, 6) is 0. The maximum atomic E-state index is 11.9. The predicted molar refractivity (Wildman–Crippen MR) is 61.2 cm³/mol. The van der Waals surface area contributed by atoms with E-state index in [4.69, 9.17) is 4.74 Å². The molecule has 92 valence electrons. The fourth-order valence-corrected chi connectivity index (χ4v) is 1.99. The summed E-state index contributed by atoms with van der Waals surface area (Å²) in [7, 11) is 0. The average molecular weight is 227 g/mol. The van der Waals surface area contributed by atoms with Crippen molar-refractivity contribution in [3.8, 4) is 0 Å². The van der Waals surface area contributed by atoms with Crippen LogP contribution in [0.2, 0.25) is 0 Å². The Morgan fingerprint density at radius 3 is 2.50 bits per heavy atom. The molecule has 1 amide bonds. The largest absolute Gasteiger partial charge is 0.444 e. The van der Waals surface area contributed by atoms with Crippen molar-refractivity contribution >= 4 is 12.4 Å². The lowest BCUT2D eigenvalue weighted by Gasteiger charge is -2.38. The number of amides is 1. The molecule has 0 radical (unpaired) electrons. The number of hydrogen-bond acceptors (Lipinski definition) is 3. The van der Waals surface area contributed by atoms with Crippen LogP contribution in [-0.4, -0.2) is 35.0 Å². The van der Waals surface area contributed by atoms with Crippen LogP contribution in [0.4, 0.5) is 4.79 Å². The normalized spacial score (nSPS) is 26.4. The highest BCUT2D eigenvalue weighted by molar-refractivity contribution is 5.74. The number of ether oxygens (including phenoxy) is 1. The van der Waals surface area contributed by atoms with Crippen LogP contribution in [0.3, 0.4) is 0 Å². The molecular weight excluding hydrogens is 206 g/mol. The summed E-state index contributed by atoms with van der Waals surface area (Å²) in [6.07, 6.45) is 3.14. The smallest absolute Gasteiger partial charge is 0.411 e. The van der Waals surface area contributed by atoms with Crippen LogP contribution in [0.1, 0.15) is 47.0 Å². The minimum absolute atomic E-state index is 0.0822. The zero-order valence-corrected chi connectivity index (χ0v) is 10.5. The first-order valence-corrected chi connectivity index (χ1v) is 5.82. The van der Waals surface area contributed by atoms with Crippen molar-refractivity contribution < 1.29 is 14.3 Å². The molecule has 0 N–H and O–H groups in total. The van der Waals surface area contributed by atoms with E-state index in [1.54, 1.807) is 4.90 Å². The Hall–Kier alpha value is -1.06. The molecule has 0 aromatic rings. The minimum atomic E-state index is -0.512. The molecule has 0 spiro atoms. The Balaban J connectivity index is 2.73. The van der Waals surface area contributed by atoms with Gasteiger partial charge in [-0.15, -0.1) is 0 Å². The van der Waals surface area contributed by atoms with E-state index in [9.17, 15) is 9.59 Å². The molecule has 4 nitrogen and oxygen atoms in total. The van der Waals surface area contributed by atoms with Gasteiger partial charge < -0.3 is 9.53 Å². The van der Waals surface area contributed by atoms with Crippen LogP contribution in [0, 0.1) is 0 Å². The second-order valence-electron chi connectivity index (χ2n) is 5.37. The summed E-state index contributed by atoms with van der Waals surface area (Å²) >= 11 is 0. The van der Waals surface area contributed by atoms with Crippen molar-refractivity contribution in [2.45, 2.75) is 64.6 Å². The molecule has 4 heteroatoms. The third-order valence-electron chi connectivity index (χ3n) is 2.72. The Morgan fingerprint density at radius 1 is 1.38 bits per heavy atom. The first-order valence-electron chi connectivity index (χ1n) is 5.82. The van der Waals surface area contributed by atoms with Crippen molar-refractivity contribution in [3.05, 3.63) is 0 Å². The highest BCUT2D eigenvalue weighted by atomic mass is 16.6. The van der Waals surface area contributed by atoms with E-state index in [-0.39, 0.29) is 18.2 Å². The van der Waals surface area contributed by atoms with Gasteiger partial charge in [0.25, 0.3) is 0 Å². The number of piperidine rings is 1. The molecule has 0 aromatic heterocycles. The van der Waals surface area contributed by atoms with E-state index in [0.29, 0.717) is 0 Å². The molecular formula is C12H21NO3. The van der Waals surface area contributed by atoms with Crippen molar-refractivity contribution in [1.82, 2.24) is 4.90 Å². The van der Waals surface area contributed by atoms with Crippen LogP contribution < -0.4 is 0 Å². The van der Waals surface area contributed by atoms with Crippen molar-refractivity contribution in [2.24, 2.45) is 0 Å². The molecule has 16 heavy (non-hydrogen) atoms. The van der Waals surface area contributed by atoms with Gasteiger partial charge in [-0.25, -0.2) is 4.79 Å². The quantitative estimate of drug-likeness (QED) is 0.646. The molecule has 2 atom stereocenters. The zero-order valence-electron chi connectivity index (χ0n) is 10.5. The molecule has 1 aliphatic heterocycles. The molecule has 1 unspecified atom stereocenters. The number of rotatable bonds is 1. The Labute approximate surface area is 96.9 Å². The van der Waals surface area contributed by atoms with Gasteiger partial charge in [0, 0.05) is 6.04 Å². The van der Waals surface area contributed by atoms with Crippen LogP contribution in [0.15, 0.2) is 0 Å². The second kappa shape index (κ2) is 4.85. The molecule has 0 aromatic carbocycles. The molecule has 1 saturated heterocycles. The fraction of sp³-hybridized carbons (Fsp3) is 0.833. The van der Waals surface area contributed by atoms with Gasteiger partial charge >= 0.3 is 6.09 Å². The molecule has 1 heterocycles. The van der Waals surface area contributed by atoms with E-state index >= 15 is 0 Å². The SMILES string of the molecule is C[C@@H]1CCCC(C=O)N1C(=O)OC(C)(C)C. The lowest BCUT2D eigenvalue weighted by atomic mass is 9.98. The Morgan fingerprint density at radius 2 is 2.00 bits per heavy atom. The lowest BCUT2D eigenvalue weighted by Crippen LogP contribution is -2.51. The lowest BCUT2D eigenvalue weighted by molar-refractivity contribution is -0.114. The van der Waals surface area contributed by atoms with Crippen LogP contribution >= 0.6 is 0 Å². The second-order valence-corrected chi connectivity index (χ2v) is 5.37. The first-order chi connectivity index (χ1) is 7.35. The number of nitrogens with zero attached hydrogens (tertiary/aromatic N) is 1. The van der Waals surface area contributed by atoms with Gasteiger partial charge in [0.1, 0.15) is 11.9 Å². The summed E-state index contributed by atoms with van der Waals surface area (Å²) in [5.41, 5.74) is -0.512. The topological polar surface area (TPSA) is 46.6 Å². The molecule has 0 aliphatic carbocycles. The molecule has 1 rings (SSSR count).